The quantitative estimate of drug-likeness (QED) is 0.560. The molecule has 0 aliphatic carbocycles. The number of rotatable bonds is 6. The van der Waals surface area contributed by atoms with Gasteiger partial charge < -0.3 is 15.0 Å². The number of anilines is 2. The first-order valence-electron chi connectivity index (χ1n) is 8.07. The molecule has 5 nitrogen and oxygen atoms in total. The Hall–Kier alpha value is -2.78. The second-order valence-electron chi connectivity index (χ2n) is 5.69. The van der Waals surface area contributed by atoms with Crippen molar-refractivity contribution in [1.29, 1.82) is 5.26 Å². The van der Waals surface area contributed by atoms with E-state index < -0.39 is 5.91 Å². The van der Waals surface area contributed by atoms with Crippen molar-refractivity contribution in [3.63, 3.8) is 0 Å². The van der Waals surface area contributed by atoms with Crippen LogP contribution < -0.4 is 15.0 Å². The van der Waals surface area contributed by atoms with Crippen LogP contribution in [-0.2, 0) is 4.79 Å². The van der Waals surface area contributed by atoms with Gasteiger partial charge in [0.15, 0.2) is 0 Å². The molecule has 0 atom stereocenters. The number of benzene rings is 2. The van der Waals surface area contributed by atoms with E-state index in [9.17, 15) is 10.1 Å². The highest BCUT2D eigenvalue weighted by Gasteiger charge is 2.11. The Morgan fingerprint density at radius 2 is 2.08 bits per heavy atom. The summed E-state index contributed by atoms with van der Waals surface area (Å²) in [4.78, 5) is 14.4. The van der Waals surface area contributed by atoms with Crippen LogP contribution in [0.4, 0.5) is 11.4 Å². The van der Waals surface area contributed by atoms with Gasteiger partial charge in [0, 0.05) is 30.3 Å². The average Bonchev–Trinajstić information content (AvgIpc) is 2.60. The predicted octanol–water partition coefficient (Wildman–Crippen LogP) is 4.46. The summed E-state index contributed by atoms with van der Waals surface area (Å²) in [7, 11) is 3.89. The molecule has 134 valence electrons. The van der Waals surface area contributed by atoms with Crippen LogP contribution in [0.1, 0.15) is 12.5 Å². The number of hydrogen-bond acceptors (Lipinski definition) is 4. The molecule has 0 spiro atoms. The van der Waals surface area contributed by atoms with Gasteiger partial charge in [-0.3, -0.25) is 4.79 Å². The maximum atomic E-state index is 12.4. The molecule has 2 aromatic rings. The van der Waals surface area contributed by atoms with E-state index >= 15 is 0 Å². The van der Waals surface area contributed by atoms with Gasteiger partial charge in [-0.2, -0.15) is 5.26 Å². The van der Waals surface area contributed by atoms with Crippen molar-refractivity contribution < 1.29 is 9.53 Å². The SMILES string of the molecule is CCOc1cccc(NC(=O)/C(C#N)=C/c2ccc(N(C)C)c(Br)c2)c1. The molecule has 0 saturated heterocycles. The molecule has 0 radical (unpaired) electrons. The molecule has 0 saturated carbocycles. The second kappa shape index (κ2) is 9.07. The van der Waals surface area contributed by atoms with Crippen LogP contribution in [0.2, 0.25) is 0 Å². The van der Waals surface area contributed by atoms with Crippen molar-refractivity contribution >= 4 is 39.3 Å². The van der Waals surface area contributed by atoms with Gasteiger partial charge in [0.2, 0.25) is 0 Å². The van der Waals surface area contributed by atoms with Crippen LogP contribution in [0.25, 0.3) is 6.08 Å². The Labute approximate surface area is 162 Å². The Bertz CT molecular complexity index is 870. The lowest BCUT2D eigenvalue weighted by Gasteiger charge is -2.14. The molecule has 0 aromatic heterocycles. The Balaban J connectivity index is 2.21. The molecule has 26 heavy (non-hydrogen) atoms. The first kappa shape index (κ1) is 19.5. The fourth-order valence-electron chi connectivity index (χ4n) is 2.32. The first-order chi connectivity index (χ1) is 12.4. The van der Waals surface area contributed by atoms with E-state index in [1.54, 1.807) is 24.3 Å². The number of carbonyl (C=O) groups is 1. The number of nitrogens with one attached hydrogen (secondary N) is 1. The maximum absolute atomic E-state index is 12.4. The summed E-state index contributed by atoms with van der Waals surface area (Å²) in [5, 5.41) is 12.1. The highest BCUT2D eigenvalue weighted by Crippen LogP contribution is 2.27. The lowest BCUT2D eigenvalue weighted by Crippen LogP contribution is -2.13. The standard InChI is InChI=1S/C20H20BrN3O2/c1-4-26-17-7-5-6-16(12-17)23-20(25)15(13-22)10-14-8-9-19(24(2)3)18(21)11-14/h5-12H,4H2,1-3H3,(H,23,25)/b15-10+. The van der Waals surface area contributed by atoms with Gasteiger partial charge >= 0.3 is 0 Å². The van der Waals surface area contributed by atoms with Gasteiger partial charge in [0.25, 0.3) is 5.91 Å². The Morgan fingerprint density at radius 1 is 1.31 bits per heavy atom. The molecular formula is C20H20BrN3O2. The number of hydrogen-bond donors (Lipinski definition) is 1. The Morgan fingerprint density at radius 3 is 2.69 bits per heavy atom. The summed E-state index contributed by atoms with van der Waals surface area (Å²) in [5.74, 6) is 0.199. The van der Waals surface area contributed by atoms with Crippen molar-refractivity contribution in [3.05, 3.63) is 58.1 Å². The van der Waals surface area contributed by atoms with Gasteiger partial charge in [0.1, 0.15) is 17.4 Å². The molecule has 0 bridgehead atoms. The summed E-state index contributed by atoms with van der Waals surface area (Å²) in [6.45, 7) is 2.43. The molecule has 0 unspecified atom stereocenters. The van der Waals surface area contributed by atoms with E-state index in [-0.39, 0.29) is 5.57 Å². The highest BCUT2D eigenvalue weighted by atomic mass is 79.9. The van der Waals surface area contributed by atoms with Crippen molar-refractivity contribution in [3.8, 4) is 11.8 Å². The van der Waals surface area contributed by atoms with Crippen LogP contribution in [-0.4, -0.2) is 26.6 Å². The summed E-state index contributed by atoms with van der Waals surface area (Å²) in [6, 6.07) is 14.7. The number of carbonyl (C=O) groups excluding carboxylic acids is 1. The van der Waals surface area contributed by atoms with Crippen molar-refractivity contribution in [2.75, 3.05) is 30.9 Å². The number of nitriles is 1. The van der Waals surface area contributed by atoms with Crippen LogP contribution in [0.5, 0.6) is 5.75 Å². The van der Waals surface area contributed by atoms with Crippen LogP contribution >= 0.6 is 15.9 Å². The molecule has 2 aromatic carbocycles. The third kappa shape index (κ3) is 5.11. The van der Waals surface area contributed by atoms with Crippen molar-refractivity contribution in [1.82, 2.24) is 0 Å². The molecule has 2 rings (SSSR count). The number of ether oxygens (including phenoxy) is 1. The maximum Gasteiger partial charge on any atom is 0.266 e. The predicted molar refractivity (Wildman–Crippen MR) is 108 cm³/mol. The molecule has 1 amide bonds. The highest BCUT2D eigenvalue weighted by molar-refractivity contribution is 9.10. The molecule has 6 heteroatoms. The molecule has 0 aliphatic rings. The van der Waals surface area contributed by atoms with Gasteiger partial charge in [-0.1, -0.05) is 12.1 Å². The van der Waals surface area contributed by atoms with Gasteiger partial charge in [-0.25, -0.2) is 0 Å². The summed E-state index contributed by atoms with van der Waals surface area (Å²) in [6.07, 6.45) is 1.56. The average molecular weight is 414 g/mol. The summed E-state index contributed by atoms with van der Waals surface area (Å²) < 4.78 is 6.30. The van der Waals surface area contributed by atoms with Crippen molar-refractivity contribution in [2.24, 2.45) is 0 Å². The molecular weight excluding hydrogens is 394 g/mol. The smallest absolute Gasteiger partial charge is 0.266 e. The van der Waals surface area contributed by atoms with E-state index in [0.29, 0.717) is 18.0 Å². The molecule has 0 fully saturated rings. The first-order valence-corrected chi connectivity index (χ1v) is 8.86. The van der Waals surface area contributed by atoms with Crippen LogP contribution in [0.3, 0.4) is 0 Å². The number of nitrogens with zero attached hydrogens (tertiary/aromatic N) is 2. The fourth-order valence-corrected chi connectivity index (χ4v) is 3.07. The molecule has 0 aliphatic heterocycles. The zero-order valence-electron chi connectivity index (χ0n) is 14.9. The molecule has 0 heterocycles. The lowest BCUT2D eigenvalue weighted by molar-refractivity contribution is -0.112. The third-order valence-corrected chi connectivity index (χ3v) is 4.17. The number of halogens is 1. The van der Waals surface area contributed by atoms with E-state index in [0.717, 1.165) is 15.7 Å². The fraction of sp³-hybridized carbons (Fsp3) is 0.200. The van der Waals surface area contributed by atoms with Crippen LogP contribution in [0, 0.1) is 11.3 Å². The van der Waals surface area contributed by atoms with Gasteiger partial charge in [-0.15, -0.1) is 0 Å². The normalized spacial score (nSPS) is 10.8. The topological polar surface area (TPSA) is 65.4 Å². The second-order valence-corrected chi connectivity index (χ2v) is 6.54. The minimum atomic E-state index is -0.464. The lowest BCUT2D eigenvalue weighted by atomic mass is 10.1. The van der Waals surface area contributed by atoms with Gasteiger partial charge in [0.05, 0.1) is 12.3 Å². The summed E-state index contributed by atoms with van der Waals surface area (Å²) in [5.41, 5.74) is 2.37. The van der Waals surface area contributed by atoms with Gasteiger partial charge in [-0.05, 0) is 58.8 Å². The largest absolute Gasteiger partial charge is 0.494 e. The minimum absolute atomic E-state index is 0.0244. The zero-order valence-corrected chi connectivity index (χ0v) is 16.5. The van der Waals surface area contributed by atoms with Crippen LogP contribution in [0.15, 0.2) is 52.5 Å². The minimum Gasteiger partial charge on any atom is -0.494 e. The Kier molecular flexibility index (Phi) is 6.81. The van der Waals surface area contributed by atoms with E-state index in [1.165, 1.54) is 0 Å². The number of amides is 1. The summed E-state index contributed by atoms with van der Waals surface area (Å²) >= 11 is 3.50. The third-order valence-electron chi connectivity index (χ3n) is 3.53. The zero-order chi connectivity index (χ0) is 19.1. The monoisotopic (exact) mass is 413 g/mol. The van der Waals surface area contributed by atoms with E-state index in [4.69, 9.17) is 4.74 Å². The van der Waals surface area contributed by atoms with E-state index in [1.807, 2.05) is 56.3 Å². The van der Waals surface area contributed by atoms with E-state index in [2.05, 4.69) is 21.2 Å². The van der Waals surface area contributed by atoms with Crippen molar-refractivity contribution in [2.45, 2.75) is 6.92 Å². The molecule has 1 N–H and O–H groups in total.